The minimum Gasteiger partial charge on any atom is -0.396 e. The van der Waals surface area contributed by atoms with Gasteiger partial charge in [-0.1, -0.05) is 20.8 Å². The molecule has 0 spiro atoms. The summed E-state index contributed by atoms with van der Waals surface area (Å²) in [5, 5.41) is 18.5. The molecule has 1 N–H and O–H groups in total. The lowest BCUT2D eigenvalue weighted by molar-refractivity contribution is 0.217. The lowest BCUT2D eigenvalue weighted by Gasteiger charge is -2.22. The van der Waals surface area contributed by atoms with Crippen LogP contribution in [-0.4, -0.2) is 34.7 Å². The van der Waals surface area contributed by atoms with E-state index in [1.54, 1.807) is 0 Å². The summed E-state index contributed by atoms with van der Waals surface area (Å²) >= 11 is 0. The molecule has 21 heavy (non-hydrogen) atoms. The lowest BCUT2D eigenvalue weighted by atomic mass is 9.88. The van der Waals surface area contributed by atoms with Gasteiger partial charge in [-0.2, -0.15) is 5.26 Å². The second kappa shape index (κ2) is 5.08. The summed E-state index contributed by atoms with van der Waals surface area (Å²) in [5.41, 5.74) is 2.57. The highest BCUT2D eigenvalue weighted by atomic mass is 16.3. The molecule has 4 nitrogen and oxygen atoms in total. The second-order valence-electron chi connectivity index (χ2n) is 7.47. The molecule has 2 heterocycles. The van der Waals surface area contributed by atoms with E-state index >= 15 is 0 Å². The molecule has 1 aromatic heterocycles. The van der Waals surface area contributed by atoms with Crippen LogP contribution in [0.5, 0.6) is 0 Å². The number of aromatic nitrogens is 1. The van der Waals surface area contributed by atoms with Crippen LogP contribution in [0.3, 0.4) is 0 Å². The molecule has 3 rings (SSSR count). The number of rotatable bonds is 3. The number of fused-ring (bicyclic) bond motifs is 1. The predicted molar refractivity (Wildman–Crippen MR) is 80.5 cm³/mol. The van der Waals surface area contributed by atoms with Crippen LogP contribution < -0.4 is 0 Å². The standard InChI is InChI=1S/C17H23N3O/c1-17(2,3)16-12(5-18)4-11(6-19-16)7-20-8-13-14(9-20)15(13)10-21/h4,6,13-15,21H,7-10H2,1-3H3/t13-,14+,15?. The molecule has 0 radical (unpaired) electrons. The number of hydrogen-bond donors (Lipinski definition) is 1. The normalized spacial score (nSPS) is 28.2. The molecule has 3 atom stereocenters. The summed E-state index contributed by atoms with van der Waals surface area (Å²) in [4.78, 5) is 6.95. The highest BCUT2D eigenvalue weighted by Crippen LogP contribution is 2.51. The fourth-order valence-electron chi connectivity index (χ4n) is 3.67. The topological polar surface area (TPSA) is 60.1 Å². The smallest absolute Gasteiger partial charge is 0.101 e. The monoisotopic (exact) mass is 285 g/mol. The Kier molecular flexibility index (Phi) is 3.51. The van der Waals surface area contributed by atoms with E-state index in [1.165, 1.54) is 0 Å². The lowest BCUT2D eigenvalue weighted by Crippen LogP contribution is -2.25. The first kappa shape index (κ1) is 14.5. The van der Waals surface area contributed by atoms with Gasteiger partial charge in [-0.25, -0.2) is 0 Å². The van der Waals surface area contributed by atoms with Gasteiger partial charge in [-0.3, -0.25) is 9.88 Å². The molecule has 2 fully saturated rings. The highest BCUT2D eigenvalue weighted by molar-refractivity contribution is 5.39. The van der Waals surface area contributed by atoms with Crippen molar-refractivity contribution in [1.82, 2.24) is 9.88 Å². The number of likely N-dealkylation sites (tertiary alicyclic amines) is 1. The molecule has 1 saturated heterocycles. The molecule has 1 aromatic rings. The van der Waals surface area contributed by atoms with E-state index in [-0.39, 0.29) is 5.41 Å². The maximum atomic E-state index is 9.35. The summed E-state index contributed by atoms with van der Waals surface area (Å²) in [6.07, 6.45) is 1.91. The molecule has 1 aliphatic heterocycles. The quantitative estimate of drug-likeness (QED) is 0.921. The van der Waals surface area contributed by atoms with Crippen molar-refractivity contribution in [2.45, 2.75) is 32.7 Å². The van der Waals surface area contributed by atoms with E-state index in [9.17, 15) is 10.4 Å². The van der Waals surface area contributed by atoms with Crippen LogP contribution in [0.1, 0.15) is 37.6 Å². The fourth-order valence-corrected chi connectivity index (χ4v) is 3.67. The van der Waals surface area contributed by atoms with E-state index in [1.807, 2.05) is 12.3 Å². The van der Waals surface area contributed by atoms with Crippen molar-refractivity contribution < 1.29 is 5.11 Å². The summed E-state index contributed by atoms with van der Waals surface area (Å²) in [7, 11) is 0. The zero-order chi connectivity index (χ0) is 15.2. The molecule has 0 amide bonds. The predicted octanol–water partition coefficient (Wildman–Crippen LogP) is 1.92. The van der Waals surface area contributed by atoms with Crippen molar-refractivity contribution in [2.75, 3.05) is 19.7 Å². The molecular weight excluding hydrogens is 262 g/mol. The van der Waals surface area contributed by atoms with Crippen molar-refractivity contribution in [3.63, 3.8) is 0 Å². The number of aliphatic hydroxyl groups is 1. The van der Waals surface area contributed by atoms with Crippen LogP contribution in [0.4, 0.5) is 0 Å². The van der Waals surface area contributed by atoms with E-state index in [4.69, 9.17) is 0 Å². The van der Waals surface area contributed by atoms with Crippen molar-refractivity contribution in [3.05, 3.63) is 29.1 Å². The average molecular weight is 285 g/mol. The van der Waals surface area contributed by atoms with Gasteiger partial charge in [0.25, 0.3) is 0 Å². The molecule has 0 aromatic carbocycles. The van der Waals surface area contributed by atoms with E-state index in [0.717, 1.165) is 30.9 Å². The van der Waals surface area contributed by atoms with Gasteiger partial charge in [-0.05, 0) is 29.4 Å². The van der Waals surface area contributed by atoms with Crippen LogP contribution in [0.25, 0.3) is 0 Å². The SMILES string of the molecule is CC(C)(C)c1ncc(CN2C[C@@H]3C(CO)[C@@H]3C2)cc1C#N. The van der Waals surface area contributed by atoms with Gasteiger partial charge in [0.2, 0.25) is 0 Å². The van der Waals surface area contributed by atoms with E-state index in [2.05, 4.69) is 36.7 Å². The Hall–Kier alpha value is -1.44. The maximum Gasteiger partial charge on any atom is 0.101 e. The van der Waals surface area contributed by atoms with Crippen molar-refractivity contribution in [1.29, 1.82) is 5.26 Å². The second-order valence-corrected chi connectivity index (χ2v) is 7.47. The zero-order valence-electron chi connectivity index (χ0n) is 13.0. The molecule has 1 unspecified atom stereocenters. The summed E-state index contributed by atoms with van der Waals surface area (Å²) in [6.45, 7) is 9.58. The van der Waals surface area contributed by atoms with Crippen molar-refractivity contribution in [3.8, 4) is 6.07 Å². The molecule has 2 aliphatic rings. The number of piperidine rings is 1. The first-order valence-electron chi connectivity index (χ1n) is 7.66. The molecular formula is C17H23N3O. The van der Waals surface area contributed by atoms with Gasteiger partial charge in [0.1, 0.15) is 6.07 Å². The molecule has 4 heteroatoms. The minimum absolute atomic E-state index is 0.104. The average Bonchev–Trinajstić information content (AvgIpc) is 2.91. The first-order valence-corrected chi connectivity index (χ1v) is 7.66. The van der Waals surface area contributed by atoms with Crippen molar-refractivity contribution in [2.24, 2.45) is 17.8 Å². The van der Waals surface area contributed by atoms with Crippen molar-refractivity contribution >= 4 is 0 Å². The number of nitrogens with zero attached hydrogens (tertiary/aromatic N) is 3. The molecule has 1 aliphatic carbocycles. The Balaban J connectivity index is 1.69. The highest BCUT2D eigenvalue weighted by Gasteiger charge is 2.54. The number of hydrogen-bond acceptors (Lipinski definition) is 4. The largest absolute Gasteiger partial charge is 0.396 e. The van der Waals surface area contributed by atoms with Crippen LogP contribution in [0.15, 0.2) is 12.3 Å². The summed E-state index contributed by atoms with van der Waals surface area (Å²) < 4.78 is 0. The summed E-state index contributed by atoms with van der Waals surface area (Å²) in [6, 6.07) is 4.27. The zero-order valence-corrected chi connectivity index (χ0v) is 13.0. The van der Waals surface area contributed by atoms with Gasteiger partial charge in [0, 0.05) is 37.9 Å². The van der Waals surface area contributed by atoms with Crippen LogP contribution >= 0.6 is 0 Å². The van der Waals surface area contributed by atoms with Gasteiger partial charge in [0.15, 0.2) is 0 Å². The number of aliphatic hydroxyl groups excluding tert-OH is 1. The third-order valence-electron chi connectivity index (χ3n) is 4.84. The molecule has 112 valence electrons. The van der Waals surface area contributed by atoms with Crippen LogP contribution in [0.2, 0.25) is 0 Å². The maximum absolute atomic E-state index is 9.35. The van der Waals surface area contributed by atoms with Gasteiger partial charge < -0.3 is 5.11 Å². The third-order valence-corrected chi connectivity index (χ3v) is 4.84. The first-order chi connectivity index (χ1) is 9.94. The van der Waals surface area contributed by atoms with E-state index < -0.39 is 0 Å². The Morgan fingerprint density at radius 2 is 2.05 bits per heavy atom. The van der Waals surface area contributed by atoms with Gasteiger partial charge in [-0.15, -0.1) is 0 Å². The number of nitriles is 1. The Labute approximate surface area is 126 Å². The number of pyridine rings is 1. The molecule has 1 saturated carbocycles. The third kappa shape index (κ3) is 2.68. The van der Waals surface area contributed by atoms with Gasteiger partial charge in [0.05, 0.1) is 11.3 Å². The Morgan fingerprint density at radius 3 is 2.57 bits per heavy atom. The van der Waals surface area contributed by atoms with E-state index in [0.29, 0.717) is 29.9 Å². The Bertz CT molecular complexity index is 573. The van der Waals surface area contributed by atoms with Crippen LogP contribution in [-0.2, 0) is 12.0 Å². The summed E-state index contributed by atoms with van der Waals surface area (Å²) in [5.74, 6) is 1.91. The van der Waals surface area contributed by atoms with Gasteiger partial charge >= 0.3 is 0 Å². The molecule has 0 bridgehead atoms. The van der Waals surface area contributed by atoms with Crippen LogP contribution in [0, 0.1) is 29.1 Å². The minimum atomic E-state index is -0.104. The Morgan fingerprint density at radius 1 is 1.38 bits per heavy atom. The fraction of sp³-hybridized carbons (Fsp3) is 0.647.